The molecule has 1 N–H and O–H groups in total. The van der Waals surface area contributed by atoms with Crippen LogP contribution in [0.25, 0.3) is 0 Å². The number of benzene rings is 1. The Labute approximate surface area is 196 Å². The smallest absolute Gasteiger partial charge is 0.336 e. The van der Waals surface area contributed by atoms with Crippen molar-refractivity contribution in [3.8, 4) is 11.5 Å². The highest BCUT2D eigenvalue weighted by Crippen LogP contribution is 2.44. The molecular formula is C23H28N2O9. The van der Waals surface area contributed by atoms with E-state index in [1.54, 1.807) is 31.1 Å². The fourth-order valence-corrected chi connectivity index (χ4v) is 4.04. The van der Waals surface area contributed by atoms with E-state index in [0.717, 1.165) is 18.9 Å². The second-order valence-corrected chi connectivity index (χ2v) is 7.72. The average molecular weight is 476 g/mol. The van der Waals surface area contributed by atoms with Crippen molar-refractivity contribution >= 4 is 17.6 Å². The zero-order valence-corrected chi connectivity index (χ0v) is 19.3. The molecule has 11 heteroatoms. The summed E-state index contributed by atoms with van der Waals surface area (Å²) in [5, 5.41) is 21.8. The number of carbonyl (C=O) groups excluding carboxylic acids is 2. The number of ether oxygens (including phenoxy) is 4. The van der Waals surface area contributed by atoms with Gasteiger partial charge in [0.2, 0.25) is 5.75 Å². The molecule has 0 aromatic heterocycles. The van der Waals surface area contributed by atoms with Gasteiger partial charge in [-0.1, -0.05) is 0 Å². The van der Waals surface area contributed by atoms with Crippen molar-refractivity contribution in [2.45, 2.75) is 38.7 Å². The predicted octanol–water partition coefficient (Wildman–Crippen LogP) is 2.78. The number of hydrogen-bond acceptors (Lipinski definition) is 10. The lowest BCUT2D eigenvalue weighted by molar-refractivity contribution is -0.386. The van der Waals surface area contributed by atoms with Crippen LogP contribution in [0.4, 0.5) is 5.69 Å². The topological polar surface area (TPSA) is 138 Å². The molecule has 0 saturated carbocycles. The lowest BCUT2D eigenvalue weighted by atomic mass is 9.82. The fraction of sp³-hybridized carbons (Fsp3) is 0.478. The van der Waals surface area contributed by atoms with Gasteiger partial charge in [0, 0.05) is 31.6 Å². The third kappa shape index (κ3) is 5.30. The molecule has 0 radical (unpaired) electrons. The van der Waals surface area contributed by atoms with Gasteiger partial charge in [0.15, 0.2) is 5.75 Å². The third-order valence-corrected chi connectivity index (χ3v) is 5.52. The maximum atomic E-state index is 13.0. The molecule has 2 aliphatic rings. The lowest BCUT2D eigenvalue weighted by Gasteiger charge is -2.31. The molecule has 0 unspecified atom stereocenters. The Hall–Kier alpha value is -3.60. The molecule has 0 bridgehead atoms. The molecule has 1 atom stereocenters. The van der Waals surface area contributed by atoms with Gasteiger partial charge in [-0.3, -0.25) is 10.1 Å². The Balaban J connectivity index is 2.16. The molecule has 3 rings (SSSR count). The maximum Gasteiger partial charge on any atom is 0.336 e. The predicted molar refractivity (Wildman–Crippen MR) is 119 cm³/mol. The Morgan fingerprint density at radius 3 is 2.26 bits per heavy atom. The number of hydrogen-bond donors (Lipinski definition) is 1. The summed E-state index contributed by atoms with van der Waals surface area (Å²) in [5.41, 5.74) is -0.251. The first-order valence-corrected chi connectivity index (χ1v) is 11.0. The molecule has 34 heavy (non-hydrogen) atoms. The Kier molecular flexibility index (Phi) is 8.11. The minimum absolute atomic E-state index is 0.0780. The van der Waals surface area contributed by atoms with Gasteiger partial charge in [0.1, 0.15) is 0 Å². The number of nitro groups is 1. The summed E-state index contributed by atoms with van der Waals surface area (Å²) in [6.07, 6.45) is 4.79. The zero-order chi connectivity index (χ0) is 24.8. The summed E-state index contributed by atoms with van der Waals surface area (Å²) in [6, 6.07) is 2.46. The van der Waals surface area contributed by atoms with E-state index in [1.807, 2.05) is 0 Å². The first-order chi connectivity index (χ1) is 16.3. The Morgan fingerprint density at radius 2 is 1.79 bits per heavy atom. The van der Waals surface area contributed by atoms with Crippen molar-refractivity contribution in [1.29, 1.82) is 0 Å². The van der Waals surface area contributed by atoms with Crippen LogP contribution in [-0.4, -0.2) is 66.4 Å². The van der Waals surface area contributed by atoms with Crippen LogP contribution in [0.15, 0.2) is 35.7 Å². The highest BCUT2D eigenvalue weighted by molar-refractivity contribution is 5.98. The summed E-state index contributed by atoms with van der Waals surface area (Å²) in [7, 11) is 1.25. The van der Waals surface area contributed by atoms with Crippen molar-refractivity contribution in [2.24, 2.45) is 0 Å². The van der Waals surface area contributed by atoms with Crippen molar-refractivity contribution < 1.29 is 38.6 Å². The van der Waals surface area contributed by atoms with E-state index in [-0.39, 0.29) is 41.8 Å². The molecule has 1 saturated heterocycles. The maximum absolute atomic E-state index is 13.0. The number of esters is 2. The molecule has 11 nitrogen and oxygen atoms in total. The van der Waals surface area contributed by atoms with E-state index < -0.39 is 34.2 Å². The first kappa shape index (κ1) is 25.0. The summed E-state index contributed by atoms with van der Waals surface area (Å²) < 4.78 is 21.3. The number of aromatic hydroxyl groups is 1. The molecule has 2 aliphatic heterocycles. The number of phenolic OH excluding ortho intramolecular Hbond substituents is 1. The molecule has 0 aliphatic carbocycles. The minimum atomic E-state index is -1.05. The minimum Gasteiger partial charge on any atom is -0.500 e. The molecule has 2 heterocycles. The van der Waals surface area contributed by atoms with Crippen molar-refractivity contribution in [2.75, 3.05) is 33.5 Å². The Morgan fingerprint density at radius 1 is 1.18 bits per heavy atom. The monoisotopic (exact) mass is 476 g/mol. The van der Waals surface area contributed by atoms with Crippen LogP contribution in [0.1, 0.15) is 38.2 Å². The zero-order valence-electron chi connectivity index (χ0n) is 19.3. The normalized spacial score (nSPS) is 18.2. The van der Waals surface area contributed by atoms with E-state index in [0.29, 0.717) is 13.2 Å². The van der Waals surface area contributed by atoms with Crippen LogP contribution in [0.3, 0.4) is 0 Å². The quantitative estimate of drug-likeness (QED) is 0.322. The lowest BCUT2D eigenvalue weighted by Crippen LogP contribution is -2.32. The van der Waals surface area contributed by atoms with Crippen LogP contribution in [-0.2, 0) is 23.8 Å². The van der Waals surface area contributed by atoms with Crippen LogP contribution in [0.5, 0.6) is 11.5 Å². The SMILES string of the molecule is CCOC(=O)C1=CN(C[C@@H]2CCCO2)C=C(C(=O)OCC)C1c1cc(OC)c(O)c([N+](=O)[O-])c1. The third-order valence-electron chi connectivity index (χ3n) is 5.52. The van der Waals surface area contributed by atoms with E-state index in [1.165, 1.54) is 13.2 Å². The van der Waals surface area contributed by atoms with E-state index >= 15 is 0 Å². The van der Waals surface area contributed by atoms with Crippen molar-refractivity contribution in [1.82, 2.24) is 4.90 Å². The van der Waals surface area contributed by atoms with Gasteiger partial charge < -0.3 is 29.0 Å². The van der Waals surface area contributed by atoms with Gasteiger partial charge in [0.25, 0.3) is 0 Å². The second-order valence-electron chi connectivity index (χ2n) is 7.72. The number of carbonyl (C=O) groups is 2. The fourth-order valence-electron chi connectivity index (χ4n) is 4.04. The molecule has 1 aromatic rings. The van der Waals surface area contributed by atoms with Crippen LogP contribution < -0.4 is 4.74 Å². The number of rotatable bonds is 9. The largest absolute Gasteiger partial charge is 0.500 e. The number of phenols is 1. The standard InChI is InChI=1S/C23H28N2O9/c1-4-32-22(27)16-12-24(11-15-7-6-8-34-15)13-17(23(28)33-5-2)20(16)14-9-18(25(29)30)21(26)19(10-14)31-3/h9-10,12-13,15,20,26H,4-8,11H2,1-3H3/t15-/m0/s1. The van der Waals surface area contributed by atoms with E-state index in [9.17, 15) is 24.8 Å². The van der Waals surface area contributed by atoms with Gasteiger partial charge in [-0.15, -0.1) is 0 Å². The van der Waals surface area contributed by atoms with Crippen LogP contribution in [0.2, 0.25) is 0 Å². The highest BCUT2D eigenvalue weighted by atomic mass is 16.6. The molecular weight excluding hydrogens is 448 g/mol. The van der Waals surface area contributed by atoms with Crippen molar-refractivity contribution in [3.05, 3.63) is 51.4 Å². The van der Waals surface area contributed by atoms with E-state index in [2.05, 4.69) is 0 Å². The van der Waals surface area contributed by atoms with E-state index in [4.69, 9.17) is 18.9 Å². The van der Waals surface area contributed by atoms with Gasteiger partial charge in [0.05, 0.1) is 48.4 Å². The second kappa shape index (κ2) is 11.0. The summed E-state index contributed by atoms with van der Waals surface area (Å²) in [4.78, 5) is 38.4. The summed E-state index contributed by atoms with van der Waals surface area (Å²) >= 11 is 0. The first-order valence-electron chi connectivity index (χ1n) is 11.0. The number of nitrogens with zero attached hydrogens (tertiary/aromatic N) is 2. The van der Waals surface area contributed by atoms with Gasteiger partial charge in [-0.2, -0.15) is 0 Å². The molecule has 0 spiro atoms. The van der Waals surface area contributed by atoms with Gasteiger partial charge in [-0.05, 0) is 38.3 Å². The molecule has 1 aromatic carbocycles. The number of nitro benzene ring substituents is 1. The van der Waals surface area contributed by atoms with Gasteiger partial charge >= 0.3 is 17.6 Å². The molecule has 0 amide bonds. The van der Waals surface area contributed by atoms with Crippen molar-refractivity contribution in [3.63, 3.8) is 0 Å². The Bertz CT molecular complexity index is 976. The number of methoxy groups -OCH3 is 1. The molecule has 184 valence electrons. The van der Waals surface area contributed by atoms with Crippen LogP contribution in [0, 0.1) is 10.1 Å². The van der Waals surface area contributed by atoms with Crippen LogP contribution >= 0.6 is 0 Å². The summed E-state index contributed by atoms with van der Waals surface area (Å²) in [6.45, 7) is 4.52. The average Bonchev–Trinajstić information content (AvgIpc) is 3.32. The highest BCUT2D eigenvalue weighted by Gasteiger charge is 2.38. The van der Waals surface area contributed by atoms with Gasteiger partial charge in [-0.25, -0.2) is 9.59 Å². The summed E-state index contributed by atoms with van der Waals surface area (Å²) in [5.74, 6) is -3.25. The molecule has 1 fully saturated rings.